The molecule has 0 unspecified atom stereocenters. The number of amides is 2. The zero-order chi connectivity index (χ0) is 26.7. The van der Waals surface area contributed by atoms with Crippen LogP contribution in [0, 0.1) is 0 Å². The number of nitrogens with zero attached hydrogens (tertiary/aromatic N) is 1. The van der Waals surface area contributed by atoms with Crippen molar-refractivity contribution in [3.63, 3.8) is 0 Å². The zero-order valence-corrected chi connectivity index (χ0v) is 21.9. The lowest BCUT2D eigenvalue weighted by molar-refractivity contribution is -0.153. The molecule has 0 spiro atoms. The molecule has 0 aliphatic rings. The fourth-order valence-corrected chi connectivity index (χ4v) is 4.10. The number of hydrazine groups is 1. The number of carbonyl (C=O) groups excluding carboxylic acids is 2. The molecule has 0 radical (unpaired) electrons. The molecule has 194 valence electrons. The van der Waals surface area contributed by atoms with E-state index in [1.54, 1.807) is 0 Å². The van der Waals surface area contributed by atoms with Gasteiger partial charge in [0.1, 0.15) is 0 Å². The van der Waals surface area contributed by atoms with E-state index in [-0.39, 0.29) is 19.4 Å². The molecule has 2 amide bonds. The second-order valence-corrected chi connectivity index (χ2v) is 15.3. The Hall–Kier alpha value is -3.66. The highest BCUT2D eigenvalue weighted by Crippen LogP contribution is 2.20. The number of aryl methyl sites for hydroxylation is 1. The molecular weight excluding hydrogens is 480 g/mol. The van der Waals surface area contributed by atoms with Crippen LogP contribution < -0.4 is 5.43 Å². The maximum atomic E-state index is 13.0. The monoisotopic (exact) mass is 514 g/mol. The van der Waals surface area contributed by atoms with Crippen LogP contribution in [0.3, 0.4) is 0 Å². The van der Waals surface area contributed by atoms with Crippen molar-refractivity contribution in [1.82, 2.24) is 10.4 Å². The number of nitrogens with one attached hydrogen (secondary N) is 1. The predicted octanol–water partition coefficient (Wildman–Crippen LogP) is 4.41. The lowest BCUT2D eigenvalue weighted by Gasteiger charge is -2.29. The summed E-state index contributed by atoms with van der Waals surface area (Å²) in [5.74, 6) is -3.27. The summed E-state index contributed by atoms with van der Waals surface area (Å²) in [5, 5.41) is 19.3. The molecule has 9 nitrogen and oxygen atoms in total. The summed E-state index contributed by atoms with van der Waals surface area (Å²) in [7, 11) is -1.47. The maximum absolute atomic E-state index is 13.0. The third kappa shape index (κ3) is 9.91. The molecule has 0 aromatic heterocycles. The van der Waals surface area contributed by atoms with E-state index in [4.69, 9.17) is 9.84 Å². The molecule has 0 aliphatic heterocycles. The van der Waals surface area contributed by atoms with Gasteiger partial charge >= 0.3 is 18.0 Å². The Balaban J connectivity index is 2.09. The number of rotatable bonds is 12. The van der Waals surface area contributed by atoms with Crippen molar-refractivity contribution in [2.75, 3.05) is 6.61 Å². The normalized spacial score (nSPS) is 11.9. The van der Waals surface area contributed by atoms with Crippen molar-refractivity contribution in [2.45, 2.75) is 57.4 Å². The van der Waals surface area contributed by atoms with Gasteiger partial charge in [-0.1, -0.05) is 74.2 Å². The Morgan fingerprint density at radius 3 is 2.08 bits per heavy atom. The van der Waals surface area contributed by atoms with Crippen molar-refractivity contribution in [1.29, 1.82) is 0 Å². The van der Waals surface area contributed by atoms with E-state index in [0.29, 0.717) is 17.5 Å². The molecule has 0 aliphatic carbocycles. The molecular formula is C26H34N2O7Si. The van der Waals surface area contributed by atoms with Crippen LogP contribution in [0.1, 0.15) is 24.8 Å². The minimum Gasteiger partial charge on any atom is -0.481 e. The fraction of sp³-hybridized carbons (Fsp3) is 0.385. The molecule has 0 fully saturated rings. The van der Waals surface area contributed by atoms with Crippen LogP contribution in [0.4, 0.5) is 4.79 Å². The molecule has 0 saturated carbocycles. The SMILES string of the molecule is C[Si](C)(C)CCOC(=O)NN(C(=O)CCc1ccc(-c2ccccc2)cc1)[C@@H](CCC(=O)O)C(=O)O. The Labute approximate surface area is 212 Å². The minimum absolute atomic E-state index is 0.0866. The Morgan fingerprint density at radius 2 is 1.53 bits per heavy atom. The second-order valence-electron chi connectivity index (χ2n) is 9.67. The first-order chi connectivity index (χ1) is 17.0. The van der Waals surface area contributed by atoms with Crippen molar-refractivity contribution in [2.24, 2.45) is 0 Å². The maximum Gasteiger partial charge on any atom is 0.426 e. The van der Waals surface area contributed by atoms with Crippen molar-refractivity contribution in [3.8, 4) is 11.1 Å². The quantitative estimate of drug-likeness (QED) is 0.282. The van der Waals surface area contributed by atoms with Gasteiger partial charge in [0.05, 0.1) is 6.61 Å². The number of carbonyl (C=O) groups is 4. The van der Waals surface area contributed by atoms with E-state index in [9.17, 15) is 24.3 Å². The standard InChI is InChI=1S/C26H34N2O7Si/c1-36(2,3)18-17-35-26(34)27-28(22(25(32)33)14-16-24(30)31)23(29)15-11-19-9-12-21(13-10-19)20-7-5-4-6-8-20/h4-10,12-13,22H,11,14-18H2,1-3H3,(H,27,34)(H,30,31)(H,32,33)/t22-/m0/s1. The third-order valence-corrected chi connectivity index (χ3v) is 7.19. The fourth-order valence-electron chi connectivity index (χ4n) is 3.38. The van der Waals surface area contributed by atoms with E-state index in [2.05, 4.69) is 25.1 Å². The van der Waals surface area contributed by atoms with E-state index in [1.807, 2.05) is 54.6 Å². The van der Waals surface area contributed by atoms with E-state index in [0.717, 1.165) is 16.7 Å². The summed E-state index contributed by atoms with van der Waals surface area (Å²) in [6.07, 6.45) is -1.57. The average molecular weight is 515 g/mol. The summed E-state index contributed by atoms with van der Waals surface area (Å²) in [4.78, 5) is 48.2. The van der Waals surface area contributed by atoms with Crippen LogP contribution in [-0.4, -0.2) is 59.9 Å². The summed E-state index contributed by atoms with van der Waals surface area (Å²) < 4.78 is 5.15. The van der Waals surface area contributed by atoms with Crippen molar-refractivity contribution < 1.29 is 34.1 Å². The highest BCUT2D eigenvalue weighted by atomic mass is 28.3. The molecule has 0 heterocycles. The number of aliphatic carboxylic acids is 2. The third-order valence-electron chi connectivity index (χ3n) is 5.48. The van der Waals surface area contributed by atoms with Gasteiger partial charge in [0.25, 0.3) is 0 Å². The van der Waals surface area contributed by atoms with Crippen LogP contribution in [0.25, 0.3) is 11.1 Å². The smallest absolute Gasteiger partial charge is 0.426 e. The zero-order valence-electron chi connectivity index (χ0n) is 20.9. The molecule has 2 rings (SSSR count). The van der Waals surface area contributed by atoms with Gasteiger partial charge in [0, 0.05) is 20.9 Å². The number of carboxylic acids is 2. The number of ether oxygens (including phenoxy) is 1. The van der Waals surface area contributed by atoms with E-state index >= 15 is 0 Å². The van der Waals surface area contributed by atoms with Gasteiger partial charge in [0.2, 0.25) is 5.91 Å². The molecule has 2 aromatic rings. The van der Waals surface area contributed by atoms with Crippen LogP contribution in [0.15, 0.2) is 54.6 Å². The van der Waals surface area contributed by atoms with Crippen molar-refractivity contribution in [3.05, 3.63) is 60.2 Å². The Morgan fingerprint density at radius 1 is 0.917 bits per heavy atom. The molecule has 3 N–H and O–H groups in total. The number of benzene rings is 2. The lowest BCUT2D eigenvalue weighted by atomic mass is 10.0. The Bertz CT molecular complexity index is 1040. The van der Waals surface area contributed by atoms with Gasteiger partial charge in [0.15, 0.2) is 6.04 Å². The molecule has 36 heavy (non-hydrogen) atoms. The lowest BCUT2D eigenvalue weighted by Crippen LogP contribution is -2.55. The second kappa shape index (κ2) is 13.4. The average Bonchev–Trinajstić information content (AvgIpc) is 2.81. The molecule has 10 heteroatoms. The van der Waals surface area contributed by atoms with E-state index < -0.39 is 44.5 Å². The van der Waals surface area contributed by atoms with Crippen LogP contribution in [-0.2, 0) is 25.5 Å². The first-order valence-corrected chi connectivity index (χ1v) is 15.5. The van der Waals surface area contributed by atoms with Crippen molar-refractivity contribution >= 4 is 32.0 Å². The highest BCUT2D eigenvalue weighted by Gasteiger charge is 2.32. The number of hydrogen-bond acceptors (Lipinski definition) is 5. The highest BCUT2D eigenvalue weighted by molar-refractivity contribution is 6.76. The van der Waals surface area contributed by atoms with Gasteiger partial charge in [-0.05, 0) is 35.6 Å². The van der Waals surface area contributed by atoms with Gasteiger partial charge < -0.3 is 14.9 Å². The van der Waals surface area contributed by atoms with Crippen LogP contribution >= 0.6 is 0 Å². The number of carboxylic acid groups (broad SMARTS) is 2. The van der Waals surface area contributed by atoms with Gasteiger partial charge in [-0.15, -0.1) is 0 Å². The topological polar surface area (TPSA) is 133 Å². The van der Waals surface area contributed by atoms with Gasteiger partial charge in [-0.25, -0.2) is 20.0 Å². The predicted molar refractivity (Wildman–Crippen MR) is 138 cm³/mol. The first-order valence-electron chi connectivity index (χ1n) is 11.8. The summed E-state index contributed by atoms with van der Waals surface area (Å²) >= 11 is 0. The molecule has 2 aromatic carbocycles. The van der Waals surface area contributed by atoms with Crippen LogP contribution in [0.2, 0.25) is 25.7 Å². The minimum atomic E-state index is -1.54. The van der Waals surface area contributed by atoms with Gasteiger partial charge in [-0.2, -0.15) is 0 Å². The largest absolute Gasteiger partial charge is 0.481 e. The molecule has 0 saturated heterocycles. The molecule has 1 atom stereocenters. The van der Waals surface area contributed by atoms with E-state index in [1.165, 1.54) is 0 Å². The summed E-state index contributed by atoms with van der Waals surface area (Å²) in [5.41, 5.74) is 5.18. The summed E-state index contributed by atoms with van der Waals surface area (Å²) in [6, 6.07) is 16.6. The number of hydrogen-bond donors (Lipinski definition) is 3. The van der Waals surface area contributed by atoms with Gasteiger partial charge in [-0.3, -0.25) is 9.59 Å². The first kappa shape index (κ1) is 28.6. The summed E-state index contributed by atoms with van der Waals surface area (Å²) in [6.45, 7) is 6.48. The Kier molecular flexibility index (Phi) is 10.7. The molecule has 0 bridgehead atoms. The van der Waals surface area contributed by atoms with Crippen LogP contribution in [0.5, 0.6) is 0 Å².